The summed E-state index contributed by atoms with van der Waals surface area (Å²) in [6.07, 6.45) is 1.60. The molecule has 6 nitrogen and oxygen atoms in total. The normalized spacial score (nSPS) is 11.6. The van der Waals surface area contributed by atoms with Crippen LogP contribution in [0.2, 0.25) is 5.02 Å². The summed E-state index contributed by atoms with van der Waals surface area (Å²) in [4.78, 5) is 18.2. The number of para-hydroxylation sites is 2. The Balaban J connectivity index is 1.37. The molecular formula is C30H18Br2ClN3O3. The summed E-state index contributed by atoms with van der Waals surface area (Å²) < 4.78 is 14.8. The predicted molar refractivity (Wildman–Crippen MR) is 162 cm³/mol. The summed E-state index contributed by atoms with van der Waals surface area (Å²) in [7, 11) is 0. The van der Waals surface area contributed by atoms with Crippen molar-refractivity contribution in [1.82, 2.24) is 9.66 Å². The van der Waals surface area contributed by atoms with Crippen molar-refractivity contribution < 1.29 is 9.15 Å². The van der Waals surface area contributed by atoms with Crippen molar-refractivity contribution in [3.63, 3.8) is 0 Å². The number of hydrogen-bond acceptors (Lipinski definition) is 5. The number of aromatic nitrogens is 2. The Kier molecular flexibility index (Phi) is 7.08. The van der Waals surface area contributed by atoms with E-state index in [1.807, 2.05) is 72.8 Å². The molecule has 0 fully saturated rings. The van der Waals surface area contributed by atoms with Crippen molar-refractivity contribution in [2.24, 2.45) is 5.10 Å². The molecule has 0 unspecified atom stereocenters. The summed E-state index contributed by atoms with van der Waals surface area (Å²) in [6.45, 7) is 0.376. The van der Waals surface area contributed by atoms with E-state index >= 15 is 0 Å². The Morgan fingerprint density at radius 1 is 0.949 bits per heavy atom. The Morgan fingerprint density at radius 3 is 2.44 bits per heavy atom. The first-order valence-corrected chi connectivity index (χ1v) is 13.8. The molecule has 0 aliphatic carbocycles. The lowest BCUT2D eigenvalue weighted by Crippen LogP contribution is -2.20. The molecule has 4 aromatic carbocycles. The Labute approximate surface area is 244 Å². The van der Waals surface area contributed by atoms with Crippen LogP contribution in [-0.2, 0) is 6.61 Å². The molecule has 0 aliphatic heterocycles. The Bertz CT molecular complexity index is 1870. The van der Waals surface area contributed by atoms with Crippen LogP contribution in [0.15, 0.2) is 114 Å². The molecule has 0 saturated carbocycles. The molecule has 6 aromatic rings. The first-order chi connectivity index (χ1) is 19.0. The van der Waals surface area contributed by atoms with Gasteiger partial charge in [-0.3, -0.25) is 4.79 Å². The second-order valence-electron chi connectivity index (χ2n) is 8.69. The maximum atomic E-state index is 13.5. The van der Waals surface area contributed by atoms with Gasteiger partial charge in [-0.05, 0) is 91.5 Å². The van der Waals surface area contributed by atoms with E-state index in [4.69, 9.17) is 25.7 Å². The van der Waals surface area contributed by atoms with Crippen molar-refractivity contribution in [2.45, 2.75) is 6.61 Å². The molecule has 39 heavy (non-hydrogen) atoms. The van der Waals surface area contributed by atoms with Crippen LogP contribution >= 0.6 is 43.5 Å². The number of halogens is 3. The van der Waals surface area contributed by atoms with Crippen molar-refractivity contribution in [1.29, 1.82) is 0 Å². The van der Waals surface area contributed by atoms with Crippen LogP contribution in [0.5, 0.6) is 5.75 Å². The van der Waals surface area contributed by atoms with E-state index in [0.29, 0.717) is 45.4 Å². The van der Waals surface area contributed by atoms with Crippen LogP contribution in [0.25, 0.3) is 33.5 Å². The monoisotopic (exact) mass is 661 g/mol. The van der Waals surface area contributed by atoms with E-state index in [-0.39, 0.29) is 5.56 Å². The quantitative estimate of drug-likeness (QED) is 0.168. The Hall–Kier alpha value is -3.72. The van der Waals surface area contributed by atoms with Crippen LogP contribution < -0.4 is 10.3 Å². The van der Waals surface area contributed by atoms with Gasteiger partial charge in [0, 0.05) is 10.4 Å². The van der Waals surface area contributed by atoms with Gasteiger partial charge < -0.3 is 9.15 Å². The number of nitrogens with zero attached hydrogens (tertiary/aromatic N) is 3. The van der Waals surface area contributed by atoms with Gasteiger partial charge in [0.1, 0.15) is 17.9 Å². The molecular weight excluding hydrogens is 646 g/mol. The molecule has 0 spiro atoms. The number of ether oxygens (including phenoxy) is 1. The zero-order chi connectivity index (χ0) is 26.9. The standard InChI is InChI=1S/C30H18Br2ClN3O3/c31-23-13-19(14-24(32)28(23)38-17-18-9-11-21(33)12-10-18)16-34-36-29(27-15-20-5-1-4-8-26(20)39-27)35-25-7-3-2-6-22(25)30(36)37/h1-16H,17H2. The van der Waals surface area contributed by atoms with Crippen molar-refractivity contribution in [3.8, 4) is 17.3 Å². The number of rotatable bonds is 6. The van der Waals surface area contributed by atoms with Gasteiger partial charge in [0.15, 0.2) is 5.76 Å². The van der Waals surface area contributed by atoms with Crippen LogP contribution in [0.4, 0.5) is 0 Å². The van der Waals surface area contributed by atoms with E-state index in [2.05, 4.69) is 37.0 Å². The molecule has 0 bridgehead atoms. The van der Waals surface area contributed by atoms with Gasteiger partial charge in [0.25, 0.3) is 5.56 Å². The SMILES string of the molecule is O=c1c2ccccc2nc(-c2cc3ccccc3o2)n1N=Cc1cc(Br)c(OCc2ccc(Cl)cc2)c(Br)c1. The summed E-state index contributed by atoms with van der Waals surface area (Å²) in [5.41, 5.74) is 2.70. The minimum absolute atomic E-state index is 0.298. The molecule has 2 heterocycles. The van der Waals surface area contributed by atoms with Gasteiger partial charge in [-0.1, -0.05) is 54.1 Å². The van der Waals surface area contributed by atoms with Crippen molar-refractivity contribution in [2.75, 3.05) is 0 Å². The van der Waals surface area contributed by atoms with Gasteiger partial charge in [0.05, 0.1) is 26.1 Å². The highest BCUT2D eigenvalue weighted by Gasteiger charge is 2.16. The zero-order valence-electron chi connectivity index (χ0n) is 20.1. The third-order valence-electron chi connectivity index (χ3n) is 6.04. The fraction of sp³-hybridized carbons (Fsp3) is 0.0333. The average molecular weight is 664 g/mol. The van der Waals surface area contributed by atoms with E-state index in [1.54, 1.807) is 24.4 Å². The first kappa shape index (κ1) is 25.6. The fourth-order valence-corrected chi connectivity index (χ4v) is 5.71. The lowest BCUT2D eigenvalue weighted by Gasteiger charge is -2.12. The number of furan rings is 1. The average Bonchev–Trinajstić information content (AvgIpc) is 3.37. The second kappa shape index (κ2) is 10.8. The van der Waals surface area contributed by atoms with E-state index in [1.165, 1.54) is 4.68 Å². The maximum Gasteiger partial charge on any atom is 0.282 e. The molecule has 6 rings (SSSR count). The highest BCUT2D eigenvalue weighted by molar-refractivity contribution is 9.11. The number of benzene rings is 4. The van der Waals surface area contributed by atoms with E-state index < -0.39 is 0 Å². The molecule has 0 N–H and O–H groups in total. The molecule has 0 aliphatic rings. The third-order valence-corrected chi connectivity index (χ3v) is 7.47. The first-order valence-electron chi connectivity index (χ1n) is 11.9. The summed E-state index contributed by atoms with van der Waals surface area (Å²) in [5.74, 6) is 1.41. The topological polar surface area (TPSA) is 69.6 Å². The minimum atomic E-state index is -0.298. The van der Waals surface area contributed by atoms with Gasteiger partial charge in [0.2, 0.25) is 5.82 Å². The van der Waals surface area contributed by atoms with Crippen LogP contribution in [0, 0.1) is 0 Å². The minimum Gasteiger partial charge on any atom is -0.487 e. The second-order valence-corrected chi connectivity index (χ2v) is 10.8. The van der Waals surface area contributed by atoms with Crippen LogP contribution in [0.1, 0.15) is 11.1 Å². The molecule has 0 radical (unpaired) electrons. The lowest BCUT2D eigenvalue weighted by atomic mass is 10.2. The Morgan fingerprint density at radius 2 is 1.67 bits per heavy atom. The lowest BCUT2D eigenvalue weighted by molar-refractivity contribution is 0.302. The van der Waals surface area contributed by atoms with Gasteiger partial charge in [-0.2, -0.15) is 9.78 Å². The van der Waals surface area contributed by atoms with E-state index in [0.717, 1.165) is 25.5 Å². The molecule has 192 valence electrons. The largest absolute Gasteiger partial charge is 0.487 e. The highest BCUT2D eigenvalue weighted by Crippen LogP contribution is 2.35. The van der Waals surface area contributed by atoms with Crippen molar-refractivity contribution in [3.05, 3.63) is 126 Å². The highest BCUT2D eigenvalue weighted by atomic mass is 79.9. The molecule has 9 heteroatoms. The zero-order valence-corrected chi connectivity index (χ0v) is 24.1. The smallest absolute Gasteiger partial charge is 0.282 e. The van der Waals surface area contributed by atoms with Crippen molar-refractivity contribution >= 4 is 71.5 Å². The molecule has 0 atom stereocenters. The predicted octanol–water partition coefficient (Wildman–Crippen LogP) is 8.45. The maximum absolute atomic E-state index is 13.5. The number of hydrogen-bond donors (Lipinski definition) is 0. The summed E-state index contributed by atoms with van der Waals surface area (Å²) >= 11 is 13.2. The third kappa shape index (κ3) is 5.28. The molecule has 2 aromatic heterocycles. The van der Waals surface area contributed by atoms with Gasteiger partial charge in [-0.25, -0.2) is 4.98 Å². The van der Waals surface area contributed by atoms with Gasteiger partial charge in [-0.15, -0.1) is 0 Å². The van der Waals surface area contributed by atoms with Crippen LogP contribution in [0.3, 0.4) is 0 Å². The number of fused-ring (bicyclic) bond motifs is 2. The summed E-state index contributed by atoms with van der Waals surface area (Å²) in [5, 5.41) is 6.59. The molecule has 0 amide bonds. The van der Waals surface area contributed by atoms with E-state index in [9.17, 15) is 4.79 Å². The van der Waals surface area contributed by atoms with Crippen LogP contribution in [-0.4, -0.2) is 15.9 Å². The van der Waals surface area contributed by atoms with Gasteiger partial charge >= 0.3 is 0 Å². The summed E-state index contributed by atoms with van der Waals surface area (Å²) in [6, 6.07) is 27.9. The molecule has 0 saturated heterocycles. The fourth-order valence-electron chi connectivity index (χ4n) is 4.13.